The first kappa shape index (κ1) is 17.5. The van der Waals surface area contributed by atoms with E-state index in [1.807, 2.05) is 0 Å². The lowest BCUT2D eigenvalue weighted by Crippen LogP contribution is -3.13. The number of halogens is 1. The van der Waals surface area contributed by atoms with Gasteiger partial charge in [0.2, 0.25) is 0 Å². The Bertz CT molecular complexity index is 679. The molecule has 3 amide bonds. The summed E-state index contributed by atoms with van der Waals surface area (Å²) in [5.74, 6) is -0.284. The van der Waals surface area contributed by atoms with Crippen molar-refractivity contribution in [2.75, 3.05) is 6.67 Å². The van der Waals surface area contributed by atoms with Gasteiger partial charge in [-0.2, -0.15) is 0 Å². The minimum absolute atomic E-state index is 0.0401. The third-order valence-corrected chi connectivity index (χ3v) is 6.06. The largest absolute Gasteiger partial charge is 0.329 e. The maximum absolute atomic E-state index is 13.1. The zero-order valence-electron chi connectivity index (χ0n) is 15.1. The van der Waals surface area contributed by atoms with Gasteiger partial charge in [-0.25, -0.2) is 14.1 Å². The molecule has 3 aliphatic rings. The van der Waals surface area contributed by atoms with Crippen LogP contribution >= 0.6 is 0 Å². The van der Waals surface area contributed by atoms with Gasteiger partial charge in [0, 0.05) is 18.4 Å². The van der Waals surface area contributed by atoms with Crippen molar-refractivity contribution >= 4 is 11.9 Å². The number of nitrogens with one attached hydrogen (secondary N) is 2. The summed E-state index contributed by atoms with van der Waals surface area (Å²) in [6, 6.07) is 6.75. The minimum atomic E-state index is -0.669. The van der Waals surface area contributed by atoms with Gasteiger partial charge in [0.1, 0.15) is 17.9 Å². The van der Waals surface area contributed by atoms with Crippen LogP contribution in [-0.4, -0.2) is 35.1 Å². The van der Waals surface area contributed by atoms with Crippen LogP contribution in [0.3, 0.4) is 0 Å². The van der Waals surface area contributed by atoms with Crippen molar-refractivity contribution < 1.29 is 18.9 Å². The normalized spacial score (nSPS) is 23.8. The summed E-state index contributed by atoms with van der Waals surface area (Å²) in [6.07, 6.45) is 8.00. The van der Waals surface area contributed by atoms with Crippen molar-refractivity contribution in [3.63, 3.8) is 0 Å². The molecule has 2 aliphatic carbocycles. The molecule has 6 heteroatoms. The van der Waals surface area contributed by atoms with Gasteiger partial charge in [0.15, 0.2) is 6.67 Å². The van der Waals surface area contributed by atoms with Crippen LogP contribution < -0.4 is 10.2 Å². The summed E-state index contributed by atoms with van der Waals surface area (Å²) in [6.45, 7) is 1.10. The second-order valence-corrected chi connectivity index (χ2v) is 8.05. The molecule has 5 nitrogen and oxygen atoms in total. The summed E-state index contributed by atoms with van der Waals surface area (Å²) in [7, 11) is 0. The van der Waals surface area contributed by atoms with Gasteiger partial charge < -0.3 is 10.2 Å². The predicted octanol–water partition coefficient (Wildman–Crippen LogP) is 1.98. The molecule has 1 atom stereocenters. The fraction of sp³-hybridized carbons (Fsp3) is 0.600. The summed E-state index contributed by atoms with van der Waals surface area (Å²) in [5.41, 5.74) is 0.363. The molecular formula is C20H27FN3O2+. The Morgan fingerprint density at radius 2 is 1.73 bits per heavy atom. The summed E-state index contributed by atoms with van der Waals surface area (Å²) in [5, 5.41) is 3.02. The van der Waals surface area contributed by atoms with Crippen molar-refractivity contribution in [1.82, 2.24) is 10.2 Å². The number of carbonyl (C=O) groups excluding carboxylic acids is 2. The molecule has 140 valence electrons. The van der Waals surface area contributed by atoms with Crippen LogP contribution in [0.5, 0.6) is 0 Å². The Balaban J connectivity index is 1.47. The second-order valence-electron chi connectivity index (χ2n) is 8.05. The van der Waals surface area contributed by atoms with E-state index in [2.05, 4.69) is 5.32 Å². The lowest BCUT2D eigenvalue weighted by molar-refractivity contribution is -0.931. The highest BCUT2D eigenvalue weighted by molar-refractivity contribution is 6.06. The number of urea groups is 1. The van der Waals surface area contributed by atoms with E-state index in [1.54, 1.807) is 12.1 Å². The smallest absolute Gasteiger partial charge is 0.323 e. The highest BCUT2D eigenvalue weighted by Gasteiger charge is 2.52. The molecule has 0 bridgehead atoms. The molecule has 26 heavy (non-hydrogen) atoms. The zero-order chi connectivity index (χ0) is 18.1. The van der Waals surface area contributed by atoms with Gasteiger partial charge in [-0.1, -0.05) is 37.8 Å². The summed E-state index contributed by atoms with van der Waals surface area (Å²) < 4.78 is 13.1. The van der Waals surface area contributed by atoms with Gasteiger partial charge in [0.25, 0.3) is 5.91 Å². The van der Waals surface area contributed by atoms with E-state index in [0.29, 0.717) is 19.3 Å². The molecule has 0 radical (unpaired) electrons. The van der Waals surface area contributed by atoms with Gasteiger partial charge in [-0.3, -0.25) is 4.79 Å². The maximum Gasteiger partial charge on any atom is 0.329 e. The third kappa shape index (κ3) is 3.47. The van der Waals surface area contributed by atoms with Gasteiger partial charge in [0.05, 0.1) is 6.04 Å². The van der Waals surface area contributed by atoms with Gasteiger partial charge in [-0.15, -0.1) is 0 Å². The van der Waals surface area contributed by atoms with E-state index in [1.165, 1.54) is 21.9 Å². The number of quaternary nitrogens is 1. The average molecular weight is 360 g/mol. The molecule has 1 heterocycles. The monoisotopic (exact) mass is 360 g/mol. The molecule has 0 aromatic heterocycles. The van der Waals surface area contributed by atoms with Crippen molar-refractivity contribution in [3.05, 3.63) is 35.6 Å². The first-order chi connectivity index (χ1) is 12.6. The molecule has 1 unspecified atom stereocenters. The number of hydrogen-bond donors (Lipinski definition) is 2. The predicted molar refractivity (Wildman–Crippen MR) is 94.8 cm³/mol. The van der Waals surface area contributed by atoms with E-state index < -0.39 is 5.54 Å². The van der Waals surface area contributed by atoms with E-state index in [0.717, 1.165) is 56.9 Å². The fourth-order valence-electron chi connectivity index (χ4n) is 4.38. The number of rotatable bonds is 5. The van der Waals surface area contributed by atoms with Crippen molar-refractivity contribution in [1.29, 1.82) is 0 Å². The molecular weight excluding hydrogens is 333 g/mol. The molecule has 1 spiro atoms. The third-order valence-electron chi connectivity index (χ3n) is 6.06. The van der Waals surface area contributed by atoms with Crippen molar-refractivity contribution in [2.24, 2.45) is 0 Å². The Labute approximate surface area is 153 Å². The van der Waals surface area contributed by atoms with E-state index in [4.69, 9.17) is 0 Å². The first-order valence-corrected chi connectivity index (χ1v) is 9.80. The Morgan fingerprint density at radius 1 is 1.08 bits per heavy atom. The van der Waals surface area contributed by atoms with Crippen LogP contribution in [0.4, 0.5) is 9.18 Å². The fourth-order valence-corrected chi connectivity index (χ4v) is 4.38. The summed E-state index contributed by atoms with van der Waals surface area (Å²) in [4.78, 5) is 28.3. The number of nitrogens with zero attached hydrogens (tertiary/aromatic N) is 1. The number of benzene rings is 1. The van der Waals surface area contributed by atoms with Gasteiger partial charge >= 0.3 is 6.03 Å². The van der Waals surface area contributed by atoms with Crippen LogP contribution in [0.15, 0.2) is 24.3 Å². The van der Waals surface area contributed by atoms with Crippen LogP contribution in [-0.2, 0) is 11.3 Å². The highest BCUT2D eigenvalue weighted by atomic mass is 19.1. The molecule has 2 saturated carbocycles. The Kier molecular flexibility index (Phi) is 4.69. The molecule has 3 fully saturated rings. The topological polar surface area (TPSA) is 53.9 Å². The van der Waals surface area contributed by atoms with Crippen LogP contribution in [0.2, 0.25) is 0 Å². The average Bonchev–Trinajstić information content (AvgIpc) is 3.44. The Hall–Kier alpha value is -1.95. The molecule has 1 aromatic carbocycles. The lowest BCUT2D eigenvalue weighted by Gasteiger charge is -2.26. The SMILES string of the molecule is O=C1NC2(CCCCCC2)C(=O)N1C[NH+](Cc1ccc(F)cc1)C1CC1. The van der Waals surface area contributed by atoms with Crippen LogP contribution in [0.1, 0.15) is 56.9 Å². The second kappa shape index (κ2) is 6.99. The number of amides is 3. The molecule has 1 aromatic rings. The van der Waals surface area contributed by atoms with Crippen LogP contribution in [0.25, 0.3) is 0 Å². The van der Waals surface area contributed by atoms with E-state index >= 15 is 0 Å². The molecule has 1 saturated heterocycles. The van der Waals surface area contributed by atoms with Crippen molar-refractivity contribution in [2.45, 2.75) is 69.5 Å². The Morgan fingerprint density at radius 3 is 2.35 bits per heavy atom. The summed E-state index contributed by atoms with van der Waals surface area (Å²) >= 11 is 0. The number of hydrogen-bond acceptors (Lipinski definition) is 2. The highest BCUT2D eigenvalue weighted by Crippen LogP contribution is 2.32. The van der Waals surface area contributed by atoms with Crippen molar-refractivity contribution in [3.8, 4) is 0 Å². The van der Waals surface area contributed by atoms with Gasteiger partial charge in [-0.05, 0) is 25.0 Å². The maximum atomic E-state index is 13.1. The quantitative estimate of drug-likeness (QED) is 0.789. The lowest BCUT2D eigenvalue weighted by atomic mass is 9.90. The molecule has 4 rings (SSSR count). The minimum Gasteiger partial charge on any atom is -0.323 e. The standard InChI is InChI=1S/C20H26FN3O2/c21-16-7-5-15(6-8-16)13-23(17-9-10-17)14-24-18(25)20(22-19(24)26)11-3-1-2-4-12-20/h5-8,17H,1-4,9-14H2,(H,22,26)/p+1. The zero-order valence-corrected chi connectivity index (χ0v) is 15.1. The first-order valence-electron chi connectivity index (χ1n) is 9.80. The van der Waals surface area contributed by atoms with Crippen LogP contribution in [0, 0.1) is 5.82 Å². The number of imide groups is 1. The number of carbonyl (C=O) groups is 2. The van der Waals surface area contributed by atoms with E-state index in [-0.39, 0.29) is 17.8 Å². The molecule has 2 N–H and O–H groups in total. The molecule has 1 aliphatic heterocycles. The van der Waals surface area contributed by atoms with E-state index in [9.17, 15) is 14.0 Å².